The van der Waals surface area contributed by atoms with Crippen molar-refractivity contribution in [2.45, 2.75) is 64.3 Å². The summed E-state index contributed by atoms with van der Waals surface area (Å²) >= 11 is 0. The summed E-state index contributed by atoms with van der Waals surface area (Å²) in [6.07, 6.45) is 9.81. The summed E-state index contributed by atoms with van der Waals surface area (Å²) in [5.74, 6) is 0.898. The summed E-state index contributed by atoms with van der Waals surface area (Å²) in [7, 11) is 0. The van der Waals surface area contributed by atoms with Crippen molar-refractivity contribution in [1.82, 2.24) is 5.32 Å². The summed E-state index contributed by atoms with van der Waals surface area (Å²) < 4.78 is 0. The van der Waals surface area contributed by atoms with Crippen LogP contribution in [0.15, 0.2) is 0 Å². The quantitative estimate of drug-likeness (QED) is 0.680. The topological polar surface area (TPSA) is 35.8 Å². The molecule has 0 amide bonds. The molecular weight excluding hydrogens is 184 g/mol. The highest BCUT2D eigenvalue weighted by Crippen LogP contribution is 2.26. The molecule has 0 aromatic rings. The first-order valence-corrected chi connectivity index (χ1v) is 6.48. The molecule has 2 heteroatoms. The monoisotopic (exact) mass is 208 g/mol. The highest BCUT2D eigenvalue weighted by Gasteiger charge is 2.22. The third kappa shape index (κ3) is 4.66. The van der Waals surface area contributed by atoms with Crippen molar-refractivity contribution in [2.75, 3.05) is 6.54 Å². The van der Waals surface area contributed by atoms with Gasteiger partial charge in [0, 0.05) is 12.5 Å². The maximum absolute atomic E-state index is 8.42. The highest BCUT2D eigenvalue weighted by molar-refractivity contribution is 4.80. The molecule has 0 spiro atoms. The van der Waals surface area contributed by atoms with Crippen LogP contribution < -0.4 is 5.32 Å². The molecule has 2 atom stereocenters. The summed E-state index contributed by atoms with van der Waals surface area (Å²) in [5, 5.41) is 12.1. The van der Waals surface area contributed by atoms with Gasteiger partial charge >= 0.3 is 0 Å². The Morgan fingerprint density at radius 1 is 1.27 bits per heavy atom. The molecule has 86 valence electrons. The second-order valence-electron chi connectivity index (χ2n) is 4.63. The normalized spacial score (nSPS) is 26.1. The van der Waals surface area contributed by atoms with E-state index < -0.39 is 0 Å². The Kier molecular flexibility index (Phi) is 6.43. The molecule has 0 radical (unpaired) electrons. The number of rotatable bonds is 6. The average Bonchev–Trinajstić information content (AvgIpc) is 2.29. The van der Waals surface area contributed by atoms with E-state index in [1.54, 1.807) is 0 Å². The first-order chi connectivity index (χ1) is 7.38. The molecule has 1 rings (SSSR count). The third-order valence-corrected chi connectivity index (χ3v) is 3.56. The molecule has 0 saturated heterocycles. The van der Waals surface area contributed by atoms with Crippen molar-refractivity contribution in [1.29, 1.82) is 5.26 Å². The number of nitrogens with one attached hydrogen (secondary N) is 1. The summed E-state index contributed by atoms with van der Waals surface area (Å²) in [5.41, 5.74) is 0. The Bertz CT molecular complexity index is 195. The van der Waals surface area contributed by atoms with E-state index in [0.717, 1.165) is 31.3 Å². The van der Waals surface area contributed by atoms with Gasteiger partial charge in [-0.2, -0.15) is 5.26 Å². The van der Waals surface area contributed by atoms with Gasteiger partial charge in [0.25, 0.3) is 0 Å². The minimum atomic E-state index is 0.712. The van der Waals surface area contributed by atoms with Gasteiger partial charge in [0.2, 0.25) is 0 Å². The average molecular weight is 208 g/mol. The summed E-state index contributed by atoms with van der Waals surface area (Å²) in [6, 6.07) is 2.95. The van der Waals surface area contributed by atoms with Crippen molar-refractivity contribution < 1.29 is 0 Å². The molecule has 1 fully saturated rings. The summed E-state index contributed by atoms with van der Waals surface area (Å²) in [6.45, 7) is 3.41. The highest BCUT2D eigenvalue weighted by atomic mass is 14.9. The van der Waals surface area contributed by atoms with Crippen molar-refractivity contribution in [3.05, 3.63) is 0 Å². The Labute approximate surface area is 94.1 Å². The Balaban J connectivity index is 2.10. The number of hydrogen-bond donors (Lipinski definition) is 1. The van der Waals surface area contributed by atoms with Gasteiger partial charge in [0.1, 0.15) is 0 Å². The van der Waals surface area contributed by atoms with Crippen LogP contribution >= 0.6 is 0 Å². The molecule has 0 heterocycles. The molecule has 1 N–H and O–H groups in total. The van der Waals surface area contributed by atoms with E-state index in [-0.39, 0.29) is 0 Å². The Hall–Kier alpha value is -0.550. The van der Waals surface area contributed by atoms with E-state index >= 15 is 0 Å². The maximum atomic E-state index is 8.42. The number of nitrogens with zero attached hydrogens (tertiary/aromatic N) is 1. The van der Waals surface area contributed by atoms with Gasteiger partial charge in [-0.1, -0.05) is 26.2 Å². The predicted molar refractivity (Wildman–Crippen MR) is 63.5 cm³/mol. The lowest BCUT2D eigenvalue weighted by molar-refractivity contribution is 0.255. The van der Waals surface area contributed by atoms with Gasteiger partial charge in [0.15, 0.2) is 0 Å². The van der Waals surface area contributed by atoms with Crippen LogP contribution in [0.5, 0.6) is 0 Å². The van der Waals surface area contributed by atoms with Gasteiger partial charge in [0.05, 0.1) is 6.07 Å². The number of unbranched alkanes of at least 4 members (excludes halogenated alkanes) is 2. The van der Waals surface area contributed by atoms with Crippen LogP contribution in [0.25, 0.3) is 0 Å². The summed E-state index contributed by atoms with van der Waals surface area (Å²) in [4.78, 5) is 0. The first-order valence-electron chi connectivity index (χ1n) is 6.48. The minimum Gasteiger partial charge on any atom is -0.314 e. The molecule has 2 unspecified atom stereocenters. The zero-order valence-electron chi connectivity index (χ0n) is 9.97. The zero-order chi connectivity index (χ0) is 10.9. The van der Waals surface area contributed by atoms with E-state index in [1.165, 1.54) is 32.1 Å². The van der Waals surface area contributed by atoms with Gasteiger partial charge in [-0.3, -0.25) is 0 Å². The number of hydrogen-bond acceptors (Lipinski definition) is 2. The van der Waals surface area contributed by atoms with E-state index in [2.05, 4.69) is 18.3 Å². The molecule has 0 aromatic carbocycles. The zero-order valence-corrected chi connectivity index (χ0v) is 9.97. The number of nitriles is 1. The maximum Gasteiger partial charge on any atom is 0.0621 e. The van der Waals surface area contributed by atoms with Crippen LogP contribution in [0.1, 0.15) is 58.3 Å². The first kappa shape index (κ1) is 12.5. The van der Waals surface area contributed by atoms with Crippen molar-refractivity contribution in [2.24, 2.45) is 5.92 Å². The van der Waals surface area contributed by atoms with Crippen LogP contribution in [-0.2, 0) is 0 Å². The second kappa shape index (κ2) is 7.70. The van der Waals surface area contributed by atoms with Gasteiger partial charge < -0.3 is 5.32 Å². The Morgan fingerprint density at radius 2 is 2.07 bits per heavy atom. The van der Waals surface area contributed by atoms with Crippen LogP contribution in [-0.4, -0.2) is 12.6 Å². The van der Waals surface area contributed by atoms with E-state index in [1.807, 2.05) is 0 Å². The van der Waals surface area contributed by atoms with E-state index in [0.29, 0.717) is 6.42 Å². The van der Waals surface area contributed by atoms with Crippen LogP contribution in [0.3, 0.4) is 0 Å². The fraction of sp³-hybridized carbons (Fsp3) is 0.923. The van der Waals surface area contributed by atoms with Crippen LogP contribution in [0, 0.1) is 17.2 Å². The fourth-order valence-electron chi connectivity index (χ4n) is 2.58. The van der Waals surface area contributed by atoms with Gasteiger partial charge in [-0.25, -0.2) is 0 Å². The largest absolute Gasteiger partial charge is 0.314 e. The van der Waals surface area contributed by atoms with Crippen molar-refractivity contribution in [3.63, 3.8) is 0 Å². The molecular formula is C13H24N2. The third-order valence-electron chi connectivity index (χ3n) is 3.56. The molecule has 2 nitrogen and oxygen atoms in total. The Morgan fingerprint density at radius 3 is 2.80 bits per heavy atom. The fourth-order valence-corrected chi connectivity index (χ4v) is 2.58. The van der Waals surface area contributed by atoms with E-state index in [4.69, 9.17) is 5.26 Å². The predicted octanol–water partition coefficient (Wildman–Crippen LogP) is 3.24. The molecule has 0 aromatic heterocycles. The standard InChI is InChI=1S/C13H24N2/c1-2-12-8-4-5-9-13(12)15-11-7-3-6-10-14/h12-13,15H,2-9,11H2,1H3. The van der Waals surface area contributed by atoms with Gasteiger partial charge in [-0.05, 0) is 38.1 Å². The SMILES string of the molecule is CCC1CCCCC1NCCCCC#N. The van der Waals surface area contributed by atoms with Gasteiger partial charge in [-0.15, -0.1) is 0 Å². The smallest absolute Gasteiger partial charge is 0.0621 e. The molecule has 0 aliphatic heterocycles. The van der Waals surface area contributed by atoms with Crippen LogP contribution in [0.2, 0.25) is 0 Å². The molecule has 0 bridgehead atoms. The molecule has 15 heavy (non-hydrogen) atoms. The molecule has 1 aliphatic carbocycles. The second-order valence-corrected chi connectivity index (χ2v) is 4.63. The van der Waals surface area contributed by atoms with Crippen molar-refractivity contribution >= 4 is 0 Å². The minimum absolute atomic E-state index is 0.712. The lowest BCUT2D eigenvalue weighted by atomic mass is 9.83. The van der Waals surface area contributed by atoms with E-state index in [9.17, 15) is 0 Å². The van der Waals surface area contributed by atoms with Crippen LogP contribution in [0.4, 0.5) is 0 Å². The lowest BCUT2D eigenvalue weighted by Gasteiger charge is -2.31. The molecule has 1 aliphatic rings. The van der Waals surface area contributed by atoms with Crippen molar-refractivity contribution in [3.8, 4) is 6.07 Å². The lowest BCUT2D eigenvalue weighted by Crippen LogP contribution is -2.38. The molecule has 1 saturated carbocycles.